The average molecular weight is 474 g/mol. The average Bonchev–Trinajstić information content (AvgIpc) is 2.87. The van der Waals surface area contributed by atoms with Crippen molar-refractivity contribution in [2.45, 2.75) is 19.0 Å². The summed E-state index contributed by atoms with van der Waals surface area (Å²) >= 11 is 6.44. The van der Waals surface area contributed by atoms with Crippen molar-refractivity contribution in [3.8, 4) is 17.2 Å². The number of fused-ring (bicyclic) bond motifs is 2. The van der Waals surface area contributed by atoms with Gasteiger partial charge in [-0.1, -0.05) is 54.1 Å². The van der Waals surface area contributed by atoms with Gasteiger partial charge >= 0.3 is 0 Å². The van der Waals surface area contributed by atoms with Crippen LogP contribution in [0.4, 0.5) is 0 Å². The van der Waals surface area contributed by atoms with Crippen molar-refractivity contribution in [1.82, 2.24) is 4.90 Å². The molecule has 0 saturated carbocycles. The van der Waals surface area contributed by atoms with Gasteiger partial charge in [-0.15, -0.1) is 0 Å². The first-order chi connectivity index (χ1) is 16.6. The molecular weight excluding hydrogens is 446 g/mol. The lowest BCUT2D eigenvalue weighted by Crippen LogP contribution is -2.35. The van der Waals surface area contributed by atoms with Gasteiger partial charge < -0.3 is 14.2 Å². The molecule has 0 aliphatic carbocycles. The largest absolute Gasteiger partial charge is 0.496 e. The minimum absolute atomic E-state index is 0.0446. The van der Waals surface area contributed by atoms with E-state index in [1.165, 1.54) is 27.6 Å². The summed E-state index contributed by atoms with van der Waals surface area (Å²) in [6.07, 6.45) is 0.931. The van der Waals surface area contributed by atoms with Gasteiger partial charge in [-0.3, -0.25) is 4.90 Å². The minimum atomic E-state index is 0.0446. The van der Waals surface area contributed by atoms with Crippen molar-refractivity contribution < 1.29 is 14.2 Å². The lowest BCUT2D eigenvalue weighted by Gasteiger charge is -2.38. The van der Waals surface area contributed by atoms with Gasteiger partial charge in [-0.05, 0) is 64.4 Å². The van der Waals surface area contributed by atoms with Gasteiger partial charge in [-0.2, -0.15) is 0 Å². The predicted molar refractivity (Wildman–Crippen MR) is 137 cm³/mol. The molecule has 5 rings (SSSR count). The highest BCUT2D eigenvalue weighted by Crippen LogP contribution is 2.42. The van der Waals surface area contributed by atoms with Crippen molar-refractivity contribution in [3.05, 3.63) is 100 Å². The molecular formula is C29H28ClNO3. The molecule has 0 bridgehead atoms. The molecule has 0 amide bonds. The van der Waals surface area contributed by atoms with Crippen LogP contribution in [-0.4, -0.2) is 32.8 Å². The third kappa shape index (κ3) is 4.08. The summed E-state index contributed by atoms with van der Waals surface area (Å²) in [6.45, 7) is 1.72. The second-order valence-electron chi connectivity index (χ2n) is 8.56. The van der Waals surface area contributed by atoms with Gasteiger partial charge in [-0.25, -0.2) is 0 Å². The highest BCUT2D eigenvalue weighted by molar-refractivity contribution is 6.30. The monoisotopic (exact) mass is 473 g/mol. The van der Waals surface area contributed by atoms with Crippen LogP contribution in [0.1, 0.15) is 28.3 Å². The quantitative estimate of drug-likeness (QED) is 0.313. The van der Waals surface area contributed by atoms with Gasteiger partial charge in [0.2, 0.25) is 0 Å². The molecule has 0 aromatic heterocycles. The fourth-order valence-electron chi connectivity index (χ4n) is 5.10. The number of benzene rings is 4. The summed E-state index contributed by atoms with van der Waals surface area (Å²) in [6, 6.07) is 25.1. The lowest BCUT2D eigenvalue weighted by atomic mass is 9.87. The third-order valence-electron chi connectivity index (χ3n) is 6.71. The standard InChI is InChI=1S/C29H28ClNO3/c1-32-26-12-11-21(23-9-4-5-10-24(23)26)18-31-14-13-19-16-27(33-2)28(34-3)17-25(19)29(31)20-7-6-8-22(30)15-20/h4-12,15-17,29H,13-14,18H2,1-3H3/t29-/m1/s1. The number of nitrogens with zero attached hydrogens (tertiary/aromatic N) is 1. The molecule has 0 unspecified atom stereocenters. The lowest BCUT2D eigenvalue weighted by molar-refractivity contribution is 0.204. The zero-order valence-electron chi connectivity index (χ0n) is 19.7. The number of rotatable bonds is 6. The molecule has 0 saturated heterocycles. The topological polar surface area (TPSA) is 30.9 Å². The Balaban J connectivity index is 1.62. The zero-order chi connectivity index (χ0) is 23.7. The number of methoxy groups -OCH3 is 3. The van der Waals surface area contributed by atoms with E-state index in [9.17, 15) is 0 Å². The molecule has 34 heavy (non-hydrogen) atoms. The Morgan fingerprint density at radius 2 is 1.53 bits per heavy atom. The van der Waals surface area contributed by atoms with E-state index in [1.54, 1.807) is 21.3 Å². The highest BCUT2D eigenvalue weighted by atomic mass is 35.5. The molecule has 4 aromatic rings. The summed E-state index contributed by atoms with van der Waals surface area (Å²) in [7, 11) is 5.09. The minimum Gasteiger partial charge on any atom is -0.496 e. The molecule has 1 atom stereocenters. The highest BCUT2D eigenvalue weighted by Gasteiger charge is 2.31. The van der Waals surface area contributed by atoms with Gasteiger partial charge in [0, 0.05) is 23.5 Å². The third-order valence-corrected chi connectivity index (χ3v) is 6.94. The van der Waals surface area contributed by atoms with Crippen LogP contribution in [0.2, 0.25) is 5.02 Å². The predicted octanol–water partition coefficient (Wildman–Crippen LogP) is 6.67. The van der Waals surface area contributed by atoms with E-state index in [1.807, 2.05) is 12.1 Å². The molecule has 1 heterocycles. The van der Waals surface area contributed by atoms with E-state index in [-0.39, 0.29) is 6.04 Å². The van der Waals surface area contributed by atoms with Gasteiger partial charge in [0.1, 0.15) is 5.75 Å². The Morgan fingerprint density at radius 1 is 0.794 bits per heavy atom. The van der Waals surface area contributed by atoms with Crippen molar-refractivity contribution >= 4 is 22.4 Å². The molecule has 0 spiro atoms. The summed E-state index contributed by atoms with van der Waals surface area (Å²) in [5.41, 5.74) is 4.94. The Labute approximate surface area is 205 Å². The van der Waals surface area contributed by atoms with Crippen molar-refractivity contribution in [2.75, 3.05) is 27.9 Å². The van der Waals surface area contributed by atoms with Crippen LogP contribution < -0.4 is 14.2 Å². The van der Waals surface area contributed by atoms with Crippen LogP contribution in [0.25, 0.3) is 10.8 Å². The van der Waals surface area contributed by atoms with Crippen molar-refractivity contribution in [1.29, 1.82) is 0 Å². The van der Waals surface area contributed by atoms with E-state index < -0.39 is 0 Å². The maximum Gasteiger partial charge on any atom is 0.161 e. The number of hydrogen-bond acceptors (Lipinski definition) is 4. The Hall–Kier alpha value is -3.21. The van der Waals surface area contributed by atoms with Gasteiger partial charge in [0.25, 0.3) is 0 Å². The van der Waals surface area contributed by atoms with Gasteiger partial charge in [0.15, 0.2) is 11.5 Å². The molecule has 5 heteroatoms. The van der Waals surface area contributed by atoms with E-state index in [0.717, 1.165) is 47.2 Å². The van der Waals surface area contributed by atoms with Crippen LogP contribution >= 0.6 is 11.6 Å². The summed E-state index contributed by atoms with van der Waals surface area (Å²) in [5.74, 6) is 2.40. The summed E-state index contributed by atoms with van der Waals surface area (Å²) in [5, 5.41) is 3.08. The number of ether oxygens (including phenoxy) is 3. The first kappa shape index (κ1) is 22.6. The first-order valence-electron chi connectivity index (χ1n) is 11.4. The smallest absolute Gasteiger partial charge is 0.161 e. The molecule has 0 N–H and O–H groups in total. The second kappa shape index (κ2) is 9.57. The van der Waals surface area contributed by atoms with E-state index >= 15 is 0 Å². The normalized spacial score (nSPS) is 15.7. The second-order valence-corrected chi connectivity index (χ2v) is 8.99. The number of hydrogen-bond donors (Lipinski definition) is 0. The van der Waals surface area contributed by atoms with Crippen molar-refractivity contribution in [3.63, 3.8) is 0 Å². The molecule has 0 radical (unpaired) electrons. The van der Waals surface area contributed by atoms with E-state index in [0.29, 0.717) is 0 Å². The zero-order valence-corrected chi connectivity index (χ0v) is 20.4. The fraction of sp³-hybridized carbons (Fsp3) is 0.241. The SMILES string of the molecule is COc1cc2c(cc1OC)[C@@H](c1cccc(Cl)c1)N(Cc1ccc(OC)c3ccccc13)CC2. The molecule has 1 aliphatic rings. The molecule has 1 aliphatic heterocycles. The van der Waals surface area contributed by atoms with Crippen LogP contribution in [0.3, 0.4) is 0 Å². The van der Waals surface area contributed by atoms with Crippen LogP contribution in [0, 0.1) is 0 Å². The summed E-state index contributed by atoms with van der Waals surface area (Å²) in [4.78, 5) is 2.52. The Kier molecular flexibility index (Phi) is 6.36. The summed E-state index contributed by atoms with van der Waals surface area (Å²) < 4.78 is 16.9. The molecule has 4 aromatic carbocycles. The molecule has 4 nitrogen and oxygen atoms in total. The van der Waals surface area contributed by atoms with Crippen LogP contribution in [-0.2, 0) is 13.0 Å². The van der Waals surface area contributed by atoms with E-state index in [2.05, 4.69) is 65.6 Å². The number of halogens is 1. The maximum absolute atomic E-state index is 6.44. The van der Waals surface area contributed by atoms with E-state index in [4.69, 9.17) is 25.8 Å². The van der Waals surface area contributed by atoms with Gasteiger partial charge in [0.05, 0.1) is 27.4 Å². The Bertz CT molecular complexity index is 1340. The van der Waals surface area contributed by atoms with Crippen LogP contribution in [0.15, 0.2) is 72.8 Å². The molecule has 174 valence electrons. The van der Waals surface area contributed by atoms with Crippen LogP contribution in [0.5, 0.6) is 17.2 Å². The maximum atomic E-state index is 6.44. The van der Waals surface area contributed by atoms with Crippen molar-refractivity contribution in [2.24, 2.45) is 0 Å². The first-order valence-corrected chi connectivity index (χ1v) is 11.8. The Morgan fingerprint density at radius 3 is 2.26 bits per heavy atom. The molecule has 0 fully saturated rings. The fourth-order valence-corrected chi connectivity index (χ4v) is 5.30.